The Bertz CT molecular complexity index is 602. The smallest absolute Gasteiger partial charge is 0.225 e. The Hall–Kier alpha value is -1.55. The number of carbonyl (C=O) groups is 1. The van der Waals surface area contributed by atoms with Gasteiger partial charge in [0.2, 0.25) is 5.91 Å². The molecule has 0 unspecified atom stereocenters. The molecule has 2 aliphatic heterocycles. The second-order valence-corrected chi connectivity index (χ2v) is 7.42. The first-order valence-corrected chi connectivity index (χ1v) is 9.31. The van der Waals surface area contributed by atoms with Gasteiger partial charge in [-0.3, -0.25) is 4.79 Å². The normalized spacial score (nSPS) is 30.1. The van der Waals surface area contributed by atoms with E-state index in [0.29, 0.717) is 12.5 Å². The third-order valence-electron chi connectivity index (χ3n) is 5.28. The number of aliphatic hydroxyl groups is 2. The second-order valence-electron chi connectivity index (χ2n) is 7.42. The number of likely N-dealkylation sites (tertiary alicyclic amines) is 1. The van der Waals surface area contributed by atoms with Crippen molar-refractivity contribution in [3.63, 3.8) is 0 Å². The largest absolute Gasteiger partial charge is 0.388 e. The molecular formula is C17H29N5O4. The molecule has 2 saturated heterocycles. The molecule has 0 saturated carbocycles. The van der Waals surface area contributed by atoms with E-state index in [1.165, 1.54) is 0 Å². The van der Waals surface area contributed by atoms with Crippen molar-refractivity contribution >= 4 is 5.91 Å². The van der Waals surface area contributed by atoms with Crippen LogP contribution in [0.4, 0.5) is 0 Å². The number of amides is 1. The van der Waals surface area contributed by atoms with Gasteiger partial charge in [0.1, 0.15) is 18.3 Å². The minimum Gasteiger partial charge on any atom is -0.388 e. The number of rotatable bonds is 6. The number of piperidine rings is 1. The van der Waals surface area contributed by atoms with Crippen LogP contribution in [0.5, 0.6) is 0 Å². The molecule has 0 radical (unpaired) electrons. The van der Waals surface area contributed by atoms with Crippen LogP contribution in [-0.2, 0) is 22.6 Å². The fourth-order valence-corrected chi connectivity index (χ4v) is 3.58. The van der Waals surface area contributed by atoms with Crippen LogP contribution in [-0.4, -0.2) is 80.6 Å². The van der Waals surface area contributed by atoms with Crippen LogP contribution >= 0.6 is 0 Å². The highest BCUT2D eigenvalue weighted by Gasteiger charge is 2.44. The van der Waals surface area contributed by atoms with Gasteiger partial charge in [-0.05, 0) is 25.8 Å². The van der Waals surface area contributed by atoms with Gasteiger partial charge in [0.25, 0.3) is 0 Å². The number of hydrogen-bond donors (Lipinski definition) is 3. The number of carbonyl (C=O) groups excluding carboxylic acids is 1. The summed E-state index contributed by atoms with van der Waals surface area (Å²) in [6.07, 6.45) is 0.436. The Kier molecular flexibility index (Phi) is 6.23. The maximum Gasteiger partial charge on any atom is 0.225 e. The quantitative estimate of drug-likeness (QED) is 0.599. The van der Waals surface area contributed by atoms with E-state index in [-0.39, 0.29) is 18.9 Å². The molecule has 9 heteroatoms. The minimum atomic E-state index is -1.08. The van der Waals surface area contributed by atoms with Gasteiger partial charge in [0.05, 0.1) is 24.8 Å². The minimum absolute atomic E-state index is 0.0223. The molecule has 0 spiro atoms. The summed E-state index contributed by atoms with van der Waals surface area (Å²) in [5.74, 6) is 0.625. The Morgan fingerprint density at radius 1 is 1.31 bits per heavy atom. The molecule has 0 aliphatic carbocycles. The standard InChI is InChI=1S/C17H29N5O4/c1-11-3-5-21(6-4-11)15(23)7-13-16(24)17(25)14(26-13)10-22-9-12(8-18-2)19-20-22/h9,11,13-14,16-18,24-25H,3-8,10H2,1-2H3/t13-,14-,16+,17-/m1/s1. The summed E-state index contributed by atoms with van der Waals surface area (Å²) in [7, 11) is 1.82. The van der Waals surface area contributed by atoms with Gasteiger partial charge in [-0.2, -0.15) is 0 Å². The lowest BCUT2D eigenvalue weighted by Gasteiger charge is -2.31. The molecule has 9 nitrogen and oxygen atoms in total. The van der Waals surface area contributed by atoms with Gasteiger partial charge < -0.3 is 25.2 Å². The SMILES string of the molecule is CNCc1cn(C[C@H]2O[C@H](CC(=O)N3CCC(C)CC3)[C@H](O)[C@@H]2O)nn1. The molecule has 0 bridgehead atoms. The maximum absolute atomic E-state index is 12.5. The zero-order valence-corrected chi connectivity index (χ0v) is 15.4. The van der Waals surface area contributed by atoms with Crippen LogP contribution in [0.3, 0.4) is 0 Å². The summed E-state index contributed by atoms with van der Waals surface area (Å²) in [6, 6.07) is 0. The fraction of sp³-hybridized carbons (Fsp3) is 0.824. The highest BCUT2D eigenvalue weighted by atomic mass is 16.5. The van der Waals surface area contributed by atoms with Crippen LogP contribution in [0.15, 0.2) is 6.20 Å². The summed E-state index contributed by atoms with van der Waals surface area (Å²) in [4.78, 5) is 14.3. The molecule has 146 valence electrons. The molecule has 1 aromatic heterocycles. The Balaban J connectivity index is 1.54. The van der Waals surface area contributed by atoms with Crippen LogP contribution < -0.4 is 5.32 Å². The van der Waals surface area contributed by atoms with Gasteiger partial charge in [-0.25, -0.2) is 4.68 Å². The highest BCUT2D eigenvalue weighted by molar-refractivity contribution is 5.77. The van der Waals surface area contributed by atoms with Gasteiger partial charge in [0.15, 0.2) is 0 Å². The van der Waals surface area contributed by atoms with E-state index in [1.807, 2.05) is 11.9 Å². The van der Waals surface area contributed by atoms with E-state index in [9.17, 15) is 15.0 Å². The number of ether oxygens (including phenoxy) is 1. The summed E-state index contributed by atoms with van der Waals surface area (Å²) in [5.41, 5.74) is 0.784. The van der Waals surface area contributed by atoms with E-state index < -0.39 is 24.4 Å². The zero-order chi connectivity index (χ0) is 18.7. The summed E-state index contributed by atoms with van der Waals surface area (Å²) >= 11 is 0. The predicted molar refractivity (Wildman–Crippen MR) is 93.1 cm³/mol. The number of hydrogen-bond acceptors (Lipinski definition) is 7. The molecule has 3 rings (SSSR count). The third-order valence-corrected chi connectivity index (χ3v) is 5.28. The molecule has 0 aromatic carbocycles. The first-order valence-electron chi connectivity index (χ1n) is 9.31. The number of nitrogens with one attached hydrogen (secondary N) is 1. The molecule has 1 aromatic rings. The van der Waals surface area contributed by atoms with E-state index >= 15 is 0 Å². The Morgan fingerprint density at radius 2 is 2.00 bits per heavy atom. The first-order chi connectivity index (χ1) is 12.5. The van der Waals surface area contributed by atoms with Crippen molar-refractivity contribution in [2.75, 3.05) is 20.1 Å². The van der Waals surface area contributed by atoms with E-state index in [2.05, 4.69) is 22.6 Å². The van der Waals surface area contributed by atoms with Crippen molar-refractivity contribution in [2.45, 2.75) is 63.7 Å². The van der Waals surface area contributed by atoms with E-state index in [0.717, 1.165) is 31.6 Å². The molecule has 26 heavy (non-hydrogen) atoms. The van der Waals surface area contributed by atoms with Gasteiger partial charge >= 0.3 is 0 Å². The number of aromatic nitrogens is 3. The molecule has 2 aliphatic rings. The monoisotopic (exact) mass is 367 g/mol. The predicted octanol–water partition coefficient (Wildman–Crippen LogP) is -0.865. The average molecular weight is 367 g/mol. The lowest BCUT2D eigenvalue weighted by molar-refractivity contribution is -0.136. The maximum atomic E-state index is 12.5. The third kappa shape index (κ3) is 4.40. The number of nitrogens with zero attached hydrogens (tertiary/aromatic N) is 4. The van der Waals surface area contributed by atoms with Crippen molar-refractivity contribution in [1.29, 1.82) is 0 Å². The lowest BCUT2D eigenvalue weighted by atomic mass is 9.98. The van der Waals surface area contributed by atoms with Gasteiger partial charge in [0, 0.05) is 25.8 Å². The average Bonchev–Trinajstić information content (AvgIpc) is 3.16. The molecule has 2 fully saturated rings. The van der Waals surface area contributed by atoms with Crippen molar-refractivity contribution in [3.8, 4) is 0 Å². The Labute approximate surface area is 153 Å². The second kappa shape index (κ2) is 8.43. The van der Waals surface area contributed by atoms with Crippen molar-refractivity contribution in [2.24, 2.45) is 5.92 Å². The van der Waals surface area contributed by atoms with Crippen LogP contribution in [0.1, 0.15) is 31.9 Å². The van der Waals surface area contributed by atoms with Crippen LogP contribution in [0.2, 0.25) is 0 Å². The Morgan fingerprint density at radius 3 is 2.69 bits per heavy atom. The lowest BCUT2D eigenvalue weighted by Crippen LogP contribution is -2.41. The van der Waals surface area contributed by atoms with Crippen molar-refractivity contribution in [3.05, 3.63) is 11.9 Å². The summed E-state index contributed by atoms with van der Waals surface area (Å²) in [5, 5.41) is 31.6. The van der Waals surface area contributed by atoms with Gasteiger partial charge in [-0.15, -0.1) is 5.10 Å². The van der Waals surface area contributed by atoms with Crippen molar-refractivity contribution < 1.29 is 19.7 Å². The first kappa shape index (κ1) is 19.2. The number of aliphatic hydroxyl groups excluding tert-OH is 2. The molecule has 3 N–H and O–H groups in total. The summed E-state index contributed by atoms with van der Waals surface area (Å²) in [6.45, 7) is 4.58. The van der Waals surface area contributed by atoms with Crippen molar-refractivity contribution in [1.82, 2.24) is 25.2 Å². The van der Waals surface area contributed by atoms with E-state index in [1.54, 1.807) is 10.9 Å². The zero-order valence-electron chi connectivity index (χ0n) is 15.4. The molecular weight excluding hydrogens is 338 g/mol. The molecule has 1 amide bonds. The molecule has 4 atom stereocenters. The fourth-order valence-electron chi connectivity index (χ4n) is 3.58. The van der Waals surface area contributed by atoms with Crippen LogP contribution in [0, 0.1) is 5.92 Å². The highest BCUT2D eigenvalue weighted by Crippen LogP contribution is 2.26. The molecule has 3 heterocycles. The van der Waals surface area contributed by atoms with Gasteiger partial charge in [-0.1, -0.05) is 12.1 Å². The van der Waals surface area contributed by atoms with Crippen LogP contribution in [0.25, 0.3) is 0 Å². The summed E-state index contributed by atoms with van der Waals surface area (Å²) < 4.78 is 7.38. The van der Waals surface area contributed by atoms with E-state index in [4.69, 9.17) is 4.74 Å². The topological polar surface area (TPSA) is 113 Å².